The second-order valence-corrected chi connectivity index (χ2v) is 12.2. The third-order valence-corrected chi connectivity index (χ3v) is 9.63. The number of hydrogen-bond donors (Lipinski definition) is 0. The van der Waals surface area contributed by atoms with Crippen LogP contribution in [0.3, 0.4) is 0 Å². The van der Waals surface area contributed by atoms with Gasteiger partial charge in [0.2, 0.25) is 5.69 Å². The molecule has 0 aliphatic rings. The van der Waals surface area contributed by atoms with Crippen LogP contribution < -0.4 is 0 Å². The third-order valence-electron chi connectivity index (χ3n) is 9.63. The average Bonchev–Trinajstić information content (AvgIpc) is 3.69. The zero-order chi connectivity index (χ0) is 33.8. The van der Waals surface area contributed by atoms with Crippen molar-refractivity contribution in [3.63, 3.8) is 0 Å². The lowest BCUT2D eigenvalue weighted by atomic mass is 9.92. The van der Waals surface area contributed by atoms with Crippen LogP contribution >= 0.6 is 0 Å². The monoisotopic (exact) mass is 635 g/mol. The molecule has 0 aliphatic carbocycles. The number of benzene rings is 7. The first kappa shape index (κ1) is 28.8. The van der Waals surface area contributed by atoms with E-state index in [1.165, 1.54) is 0 Å². The van der Waals surface area contributed by atoms with Gasteiger partial charge in [0.05, 0.1) is 57.2 Å². The molecule has 0 fully saturated rings. The van der Waals surface area contributed by atoms with Gasteiger partial charge in [0.15, 0.2) is 0 Å². The number of nitriles is 2. The number of para-hydroxylation sites is 4. The first-order valence-corrected chi connectivity index (χ1v) is 16.3. The highest BCUT2D eigenvalue weighted by Crippen LogP contribution is 2.44. The van der Waals surface area contributed by atoms with Gasteiger partial charge in [0, 0.05) is 21.5 Å². The van der Waals surface area contributed by atoms with E-state index >= 15 is 0 Å². The summed E-state index contributed by atoms with van der Waals surface area (Å²) in [5.74, 6) is 0. The summed E-state index contributed by atoms with van der Waals surface area (Å²) in [6.07, 6.45) is 0. The Morgan fingerprint density at radius 3 is 1.72 bits per heavy atom. The molecule has 7 aromatic carbocycles. The minimum atomic E-state index is 0.541. The minimum absolute atomic E-state index is 0.541. The summed E-state index contributed by atoms with van der Waals surface area (Å²) in [7, 11) is 0. The molecule has 0 bridgehead atoms. The van der Waals surface area contributed by atoms with Gasteiger partial charge in [-0.15, -0.1) is 0 Å². The van der Waals surface area contributed by atoms with Gasteiger partial charge in [-0.05, 0) is 70.8 Å². The van der Waals surface area contributed by atoms with E-state index in [4.69, 9.17) is 6.57 Å². The van der Waals surface area contributed by atoms with Crippen LogP contribution in [0.1, 0.15) is 11.1 Å². The van der Waals surface area contributed by atoms with Crippen LogP contribution in [0.25, 0.3) is 82.1 Å². The Hall–Kier alpha value is -7.39. The van der Waals surface area contributed by atoms with Crippen LogP contribution in [0.2, 0.25) is 0 Å². The maximum Gasteiger partial charge on any atom is 0.211 e. The Morgan fingerprint density at radius 2 is 1.06 bits per heavy atom. The van der Waals surface area contributed by atoms with Crippen LogP contribution in [-0.2, 0) is 0 Å². The van der Waals surface area contributed by atoms with Gasteiger partial charge < -0.3 is 9.13 Å². The quantitative estimate of drug-likeness (QED) is 0.181. The molecule has 0 unspecified atom stereocenters. The second kappa shape index (κ2) is 11.4. The van der Waals surface area contributed by atoms with E-state index in [0.717, 1.165) is 77.2 Å². The Morgan fingerprint density at radius 1 is 0.480 bits per heavy atom. The number of rotatable bonds is 4. The van der Waals surface area contributed by atoms with Crippen LogP contribution in [0, 0.1) is 29.2 Å². The first-order valence-electron chi connectivity index (χ1n) is 16.3. The molecular formula is C45H25N5. The highest BCUT2D eigenvalue weighted by atomic mass is 15.0. The molecule has 2 heterocycles. The highest BCUT2D eigenvalue weighted by molar-refractivity contribution is 6.11. The van der Waals surface area contributed by atoms with E-state index in [-0.39, 0.29) is 0 Å². The molecule has 230 valence electrons. The average molecular weight is 636 g/mol. The van der Waals surface area contributed by atoms with E-state index < -0.39 is 0 Å². The molecule has 50 heavy (non-hydrogen) atoms. The van der Waals surface area contributed by atoms with E-state index in [1.807, 2.05) is 78.9 Å². The molecule has 5 nitrogen and oxygen atoms in total. The van der Waals surface area contributed by atoms with Crippen LogP contribution in [0.5, 0.6) is 0 Å². The number of nitrogens with zero attached hydrogens (tertiary/aromatic N) is 5. The van der Waals surface area contributed by atoms with Crippen molar-refractivity contribution in [3.05, 3.63) is 174 Å². The number of fused-ring (bicyclic) bond motifs is 6. The van der Waals surface area contributed by atoms with E-state index in [0.29, 0.717) is 16.8 Å². The Balaban J connectivity index is 1.31. The molecule has 5 heteroatoms. The van der Waals surface area contributed by atoms with Crippen molar-refractivity contribution in [2.75, 3.05) is 0 Å². The highest BCUT2D eigenvalue weighted by Gasteiger charge is 2.21. The molecule has 0 aliphatic heterocycles. The summed E-state index contributed by atoms with van der Waals surface area (Å²) in [6, 6.07) is 55.4. The van der Waals surface area contributed by atoms with Gasteiger partial charge in [0.25, 0.3) is 0 Å². The molecule has 9 aromatic rings. The van der Waals surface area contributed by atoms with E-state index in [9.17, 15) is 10.5 Å². The Labute approximate surface area is 288 Å². The maximum atomic E-state index is 10.4. The molecular weight excluding hydrogens is 611 g/mol. The van der Waals surface area contributed by atoms with Crippen molar-refractivity contribution in [1.82, 2.24) is 9.13 Å². The lowest BCUT2D eigenvalue weighted by Crippen LogP contribution is -2.00. The van der Waals surface area contributed by atoms with Crippen molar-refractivity contribution in [1.29, 1.82) is 10.5 Å². The Kier molecular flexibility index (Phi) is 6.56. The number of aromatic nitrogens is 2. The molecule has 2 aromatic heterocycles. The lowest BCUT2D eigenvalue weighted by molar-refractivity contribution is 1.17. The van der Waals surface area contributed by atoms with Crippen molar-refractivity contribution < 1.29 is 0 Å². The van der Waals surface area contributed by atoms with E-state index in [2.05, 4.69) is 98.9 Å². The van der Waals surface area contributed by atoms with Gasteiger partial charge in [-0.1, -0.05) is 103 Å². The summed E-state index contributed by atoms with van der Waals surface area (Å²) >= 11 is 0. The van der Waals surface area contributed by atoms with Crippen molar-refractivity contribution in [3.8, 4) is 45.8 Å². The molecule has 0 radical (unpaired) electrons. The molecule has 0 saturated carbocycles. The van der Waals surface area contributed by atoms with Crippen LogP contribution in [-0.4, -0.2) is 9.13 Å². The largest absolute Gasteiger partial charge is 0.318 e. The SMILES string of the molecule is [C-]#[N+]c1cccc(-c2ccccc2-c2ccc(C#N)c(-n3c4ccccc4c4cc(C#N)ccc43)c2)c1-n1c2ccccc2c2ccccc21. The fourth-order valence-corrected chi connectivity index (χ4v) is 7.49. The number of hydrogen-bond acceptors (Lipinski definition) is 2. The minimum Gasteiger partial charge on any atom is -0.318 e. The zero-order valence-corrected chi connectivity index (χ0v) is 26.7. The molecule has 0 N–H and O–H groups in total. The van der Waals surface area contributed by atoms with Gasteiger partial charge in [-0.3, -0.25) is 0 Å². The predicted molar refractivity (Wildman–Crippen MR) is 202 cm³/mol. The lowest BCUT2D eigenvalue weighted by Gasteiger charge is -2.19. The molecule has 0 spiro atoms. The zero-order valence-electron chi connectivity index (χ0n) is 26.7. The summed E-state index contributed by atoms with van der Waals surface area (Å²) < 4.78 is 4.35. The van der Waals surface area contributed by atoms with E-state index in [1.54, 1.807) is 0 Å². The van der Waals surface area contributed by atoms with Gasteiger partial charge >= 0.3 is 0 Å². The summed E-state index contributed by atoms with van der Waals surface area (Å²) in [6.45, 7) is 8.25. The molecule has 9 rings (SSSR count). The standard InChI is InChI=1S/C45H25N5/c1-48-39-17-10-16-37(45(39)50-41-19-8-4-13-34(41)35-14-5-9-20-42(35)50)33-12-3-2-11-32(33)30-22-23-31(28-47)44(26-30)49-40-18-7-6-15-36(40)38-25-29(27-46)21-24-43(38)49/h2-26H. The molecule has 0 amide bonds. The fourth-order valence-electron chi connectivity index (χ4n) is 7.49. The molecule has 0 saturated heterocycles. The van der Waals surface area contributed by atoms with Crippen LogP contribution in [0.15, 0.2) is 152 Å². The smallest absolute Gasteiger partial charge is 0.211 e. The van der Waals surface area contributed by atoms with Crippen LogP contribution in [0.4, 0.5) is 5.69 Å². The Bertz CT molecular complexity index is 2920. The summed E-state index contributed by atoms with van der Waals surface area (Å²) in [5.41, 5.74) is 11.1. The third kappa shape index (κ3) is 4.24. The van der Waals surface area contributed by atoms with Crippen molar-refractivity contribution >= 4 is 49.3 Å². The summed E-state index contributed by atoms with van der Waals surface area (Å²) in [4.78, 5) is 4.04. The van der Waals surface area contributed by atoms with Crippen molar-refractivity contribution in [2.24, 2.45) is 0 Å². The fraction of sp³-hybridized carbons (Fsp3) is 0. The first-order chi connectivity index (χ1) is 24.7. The van der Waals surface area contributed by atoms with Gasteiger partial charge in [-0.2, -0.15) is 10.5 Å². The summed E-state index contributed by atoms with van der Waals surface area (Å²) in [5, 5.41) is 24.3. The van der Waals surface area contributed by atoms with Gasteiger partial charge in [0.1, 0.15) is 6.07 Å². The normalized spacial score (nSPS) is 11.1. The maximum absolute atomic E-state index is 10.4. The van der Waals surface area contributed by atoms with Crippen molar-refractivity contribution in [2.45, 2.75) is 0 Å². The molecule has 0 atom stereocenters. The van der Waals surface area contributed by atoms with Gasteiger partial charge in [-0.25, -0.2) is 4.85 Å². The predicted octanol–water partition coefficient (Wildman–Crippen LogP) is 11.5. The second-order valence-electron chi connectivity index (χ2n) is 12.2. The topological polar surface area (TPSA) is 61.8 Å².